The van der Waals surface area contributed by atoms with Gasteiger partial charge >= 0.3 is 0 Å². The van der Waals surface area contributed by atoms with Crippen molar-refractivity contribution in [3.63, 3.8) is 0 Å². The van der Waals surface area contributed by atoms with E-state index in [-0.39, 0.29) is 22.3 Å². The molecule has 26 heavy (non-hydrogen) atoms. The number of methoxy groups -OCH3 is 1. The molecule has 0 spiro atoms. The van der Waals surface area contributed by atoms with E-state index in [1.165, 1.54) is 0 Å². The van der Waals surface area contributed by atoms with Gasteiger partial charge in [0.15, 0.2) is 4.77 Å². The highest BCUT2D eigenvalue weighted by atomic mass is 32.1. The number of hydrogen-bond acceptors (Lipinski definition) is 4. The lowest BCUT2D eigenvalue weighted by molar-refractivity contribution is 0.0741. The van der Waals surface area contributed by atoms with E-state index in [0.717, 1.165) is 11.3 Å². The van der Waals surface area contributed by atoms with Gasteiger partial charge in [-0.3, -0.25) is 14.6 Å². The second-order valence-corrected chi connectivity index (χ2v) is 6.41. The van der Waals surface area contributed by atoms with Gasteiger partial charge in [-0.15, -0.1) is 0 Å². The molecule has 1 amide bonds. The molecule has 2 aromatic carbocycles. The summed E-state index contributed by atoms with van der Waals surface area (Å²) >= 11 is 5.00. The number of amides is 1. The Labute approximate surface area is 155 Å². The minimum absolute atomic E-state index is 0.162. The van der Waals surface area contributed by atoms with Crippen LogP contribution in [0.15, 0.2) is 47.3 Å². The van der Waals surface area contributed by atoms with Crippen molar-refractivity contribution in [3.05, 3.63) is 68.7 Å². The average Bonchev–Trinajstić information content (AvgIpc) is 2.65. The van der Waals surface area contributed by atoms with Crippen molar-refractivity contribution in [2.24, 2.45) is 0 Å². The highest BCUT2D eigenvalue weighted by Crippen LogP contribution is 2.29. The van der Waals surface area contributed by atoms with E-state index in [1.807, 2.05) is 31.2 Å². The fourth-order valence-electron chi connectivity index (χ4n) is 2.90. The highest BCUT2D eigenvalue weighted by Gasteiger charge is 2.21. The maximum absolute atomic E-state index is 12.9. The summed E-state index contributed by atoms with van der Waals surface area (Å²) in [6.07, 6.45) is 0. The summed E-state index contributed by atoms with van der Waals surface area (Å²) in [5.74, 6) is 0.568. The van der Waals surface area contributed by atoms with Crippen molar-refractivity contribution in [2.45, 2.75) is 13.0 Å². The van der Waals surface area contributed by atoms with Crippen LogP contribution in [0.2, 0.25) is 0 Å². The lowest BCUT2D eigenvalue weighted by atomic mass is 10.0. The normalized spacial score (nSPS) is 12.0. The van der Waals surface area contributed by atoms with Crippen LogP contribution in [0, 0.1) is 4.77 Å². The standard InChI is InChI=1S/C19H19N3O3S/c1-11(13-6-4-5-7-16(13)25-3)22(2)18(24)12-8-9-14-15(10-12)20-19(26)21-17(14)23/h4-11H,1-3H3,(H2,20,21,23,26)/t11-/m1/s1. The molecule has 1 aromatic heterocycles. The molecule has 0 bridgehead atoms. The molecule has 134 valence electrons. The largest absolute Gasteiger partial charge is 0.496 e. The zero-order valence-electron chi connectivity index (χ0n) is 14.7. The summed E-state index contributed by atoms with van der Waals surface area (Å²) in [5, 5.41) is 0.454. The van der Waals surface area contributed by atoms with Crippen LogP contribution in [-0.2, 0) is 0 Å². The van der Waals surface area contributed by atoms with Gasteiger partial charge < -0.3 is 14.6 Å². The van der Waals surface area contributed by atoms with Gasteiger partial charge in [0, 0.05) is 18.2 Å². The molecule has 7 heteroatoms. The van der Waals surface area contributed by atoms with Gasteiger partial charge in [-0.2, -0.15) is 0 Å². The van der Waals surface area contributed by atoms with Crippen LogP contribution in [0.3, 0.4) is 0 Å². The molecular formula is C19H19N3O3S. The van der Waals surface area contributed by atoms with Crippen molar-refractivity contribution < 1.29 is 9.53 Å². The number of aromatic amines is 2. The number of ether oxygens (including phenoxy) is 1. The van der Waals surface area contributed by atoms with Gasteiger partial charge in [-0.25, -0.2) is 0 Å². The molecular weight excluding hydrogens is 350 g/mol. The fraction of sp³-hybridized carbons (Fsp3) is 0.211. The van der Waals surface area contributed by atoms with E-state index in [1.54, 1.807) is 37.3 Å². The number of para-hydroxylation sites is 1. The second-order valence-electron chi connectivity index (χ2n) is 6.00. The first-order chi connectivity index (χ1) is 12.4. The van der Waals surface area contributed by atoms with E-state index in [9.17, 15) is 9.59 Å². The van der Waals surface area contributed by atoms with Crippen LogP contribution in [0.1, 0.15) is 28.9 Å². The lowest BCUT2D eigenvalue weighted by Crippen LogP contribution is -2.30. The zero-order valence-corrected chi connectivity index (χ0v) is 15.5. The van der Waals surface area contributed by atoms with Crippen LogP contribution in [0.5, 0.6) is 5.75 Å². The summed E-state index contributed by atoms with van der Waals surface area (Å²) in [6.45, 7) is 1.94. The summed E-state index contributed by atoms with van der Waals surface area (Å²) < 4.78 is 5.62. The highest BCUT2D eigenvalue weighted by molar-refractivity contribution is 7.71. The Hall–Kier alpha value is -2.93. The van der Waals surface area contributed by atoms with Gasteiger partial charge in [0.1, 0.15) is 5.75 Å². The zero-order chi connectivity index (χ0) is 18.8. The SMILES string of the molecule is COc1ccccc1[C@@H](C)N(C)C(=O)c1ccc2c(=O)[nH]c(=S)[nH]c2c1. The molecule has 0 unspecified atom stereocenters. The summed E-state index contributed by atoms with van der Waals surface area (Å²) in [5.41, 5.74) is 1.64. The number of rotatable bonds is 4. The number of aromatic nitrogens is 2. The number of nitrogens with one attached hydrogen (secondary N) is 2. The molecule has 0 aliphatic carbocycles. The van der Waals surface area contributed by atoms with Crippen LogP contribution < -0.4 is 10.3 Å². The predicted molar refractivity (Wildman–Crippen MR) is 103 cm³/mol. The quantitative estimate of drug-likeness (QED) is 0.691. The minimum atomic E-state index is -0.279. The monoisotopic (exact) mass is 369 g/mol. The minimum Gasteiger partial charge on any atom is -0.496 e. The molecule has 0 aliphatic rings. The van der Waals surface area contributed by atoms with Crippen molar-refractivity contribution in [1.82, 2.24) is 14.9 Å². The van der Waals surface area contributed by atoms with Crippen molar-refractivity contribution in [3.8, 4) is 5.75 Å². The number of carbonyl (C=O) groups is 1. The van der Waals surface area contributed by atoms with Gasteiger partial charge in [-0.05, 0) is 43.4 Å². The number of hydrogen-bond donors (Lipinski definition) is 2. The lowest BCUT2D eigenvalue weighted by Gasteiger charge is -2.26. The molecule has 0 aliphatic heterocycles. The molecule has 0 saturated heterocycles. The first kappa shape index (κ1) is 17.9. The molecule has 6 nitrogen and oxygen atoms in total. The molecule has 1 atom stereocenters. The number of benzene rings is 2. The summed E-state index contributed by atoms with van der Waals surface area (Å²) in [7, 11) is 3.35. The van der Waals surface area contributed by atoms with Crippen molar-refractivity contribution in [2.75, 3.05) is 14.2 Å². The molecule has 0 radical (unpaired) electrons. The topological polar surface area (TPSA) is 78.2 Å². The first-order valence-electron chi connectivity index (χ1n) is 8.09. The van der Waals surface area contributed by atoms with E-state index < -0.39 is 0 Å². The first-order valence-corrected chi connectivity index (χ1v) is 8.49. The summed E-state index contributed by atoms with van der Waals surface area (Å²) in [6, 6.07) is 12.3. The molecule has 2 N–H and O–H groups in total. The molecule has 3 aromatic rings. The fourth-order valence-corrected chi connectivity index (χ4v) is 3.11. The number of fused-ring (bicyclic) bond motifs is 1. The van der Waals surface area contributed by atoms with E-state index in [2.05, 4.69) is 9.97 Å². The van der Waals surface area contributed by atoms with Crippen LogP contribution in [0.25, 0.3) is 10.9 Å². The second kappa shape index (κ2) is 7.13. The predicted octanol–water partition coefficient (Wildman–Crippen LogP) is 3.43. The van der Waals surface area contributed by atoms with Crippen LogP contribution in [-0.4, -0.2) is 34.9 Å². The summed E-state index contributed by atoms with van der Waals surface area (Å²) in [4.78, 5) is 31.9. The van der Waals surface area contributed by atoms with Gasteiger partial charge in [-0.1, -0.05) is 18.2 Å². The van der Waals surface area contributed by atoms with E-state index >= 15 is 0 Å². The van der Waals surface area contributed by atoms with Gasteiger partial charge in [0.25, 0.3) is 11.5 Å². The van der Waals surface area contributed by atoms with E-state index in [0.29, 0.717) is 16.5 Å². The Balaban J connectivity index is 1.96. The Morgan fingerprint density at radius 1 is 1.19 bits per heavy atom. The van der Waals surface area contributed by atoms with Gasteiger partial charge in [0.2, 0.25) is 0 Å². The maximum Gasteiger partial charge on any atom is 0.259 e. The maximum atomic E-state index is 12.9. The third-order valence-corrected chi connectivity index (χ3v) is 4.68. The number of carbonyl (C=O) groups excluding carboxylic acids is 1. The van der Waals surface area contributed by atoms with Crippen molar-refractivity contribution in [1.29, 1.82) is 0 Å². The molecule has 1 heterocycles. The number of nitrogens with zero attached hydrogens (tertiary/aromatic N) is 1. The third-order valence-electron chi connectivity index (χ3n) is 4.48. The average molecular weight is 369 g/mol. The molecule has 0 fully saturated rings. The molecule has 3 rings (SSSR count). The molecule has 0 saturated carbocycles. The van der Waals surface area contributed by atoms with Crippen LogP contribution in [0.4, 0.5) is 0 Å². The Kier molecular flexibility index (Phi) is 4.90. The third kappa shape index (κ3) is 3.25. The van der Waals surface area contributed by atoms with Crippen LogP contribution >= 0.6 is 12.2 Å². The van der Waals surface area contributed by atoms with Gasteiger partial charge in [0.05, 0.1) is 24.1 Å². The smallest absolute Gasteiger partial charge is 0.259 e. The Morgan fingerprint density at radius 2 is 1.92 bits per heavy atom. The van der Waals surface area contributed by atoms with E-state index in [4.69, 9.17) is 17.0 Å². The Bertz CT molecular complexity index is 1090. The number of H-pyrrole nitrogens is 2. The Morgan fingerprint density at radius 3 is 2.65 bits per heavy atom. The van der Waals surface area contributed by atoms with Crippen molar-refractivity contribution >= 4 is 29.0 Å².